The largest absolute Gasteiger partial charge is 0.348 e. The number of aryl methyl sites for hydroxylation is 3. The van der Waals surface area contributed by atoms with Gasteiger partial charge >= 0.3 is 0 Å². The Morgan fingerprint density at radius 1 is 1.37 bits per heavy atom. The lowest BCUT2D eigenvalue weighted by Gasteiger charge is -2.07. The average Bonchev–Trinajstić information content (AvgIpc) is 2.62. The lowest BCUT2D eigenvalue weighted by molar-refractivity contribution is 0.0950. The Kier molecular flexibility index (Phi) is 3.90. The van der Waals surface area contributed by atoms with Crippen molar-refractivity contribution in [1.29, 1.82) is 0 Å². The molecular formula is C14H16ClN3O. The lowest BCUT2D eigenvalue weighted by atomic mass is 10.1. The molecule has 1 aromatic heterocycles. The van der Waals surface area contributed by atoms with Crippen LogP contribution in [0.1, 0.15) is 27.2 Å². The van der Waals surface area contributed by atoms with E-state index in [1.165, 1.54) is 4.68 Å². The summed E-state index contributed by atoms with van der Waals surface area (Å²) in [4.78, 5) is 12.1. The van der Waals surface area contributed by atoms with Gasteiger partial charge in [0.25, 0.3) is 5.91 Å². The van der Waals surface area contributed by atoms with Crippen molar-refractivity contribution >= 4 is 17.5 Å². The van der Waals surface area contributed by atoms with Crippen LogP contribution in [0.25, 0.3) is 0 Å². The summed E-state index contributed by atoms with van der Waals surface area (Å²) in [6.45, 7) is 4.27. The SMILES string of the molecule is Cc1ccccc1CNC(=O)c1c(C)nn(C)c1Cl. The zero-order valence-electron chi connectivity index (χ0n) is 11.2. The molecule has 0 unspecified atom stereocenters. The van der Waals surface area contributed by atoms with Gasteiger partial charge in [0.2, 0.25) is 0 Å². The molecule has 0 saturated carbocycles. The van der Waals surface area contributed by atoms with E-state index in [0.717, 1.165) is 11.1 Å². The molecule has 2 rings (SSSR count). The van der Waals surface area contributed by atoms with E-state index < -0.39 is 0 Å². The van der Waals surface area contributed by atoms with Crippen molar-refractivity contribution in [1.82, 2.24) is 15.1 Å². The predicted molar refractivity (Wildman–Crippen MR) is 75.3 cm³/mol. The fourth-order valence-electron chi connectivity index (χ4n) is 1.96. The first-order valence-electron chi connectivity index (χ1n) is 6.02. The van der Waals surface area contributed by atoms with Gasteiger partial charge in [-0.3, -0.25) is 9.48 Å². The molecule has 4 nitrogen and oxygen atoms in total. The van der Waals surface area contributed by atoms with Crippen LogP contribution in [-0.2, 0) is 13.6 Å². The number of nitrogens with one attached hydrogen (secondary N) is 1. The molecule has 0 spiro atoms. The highest BCUT2D eigenvalue weighted by Crippen LogP contribution is 2.18. The minimum atomic E-state index is -0.196. The van der Waals surface area contributed by atoms with Gasteiger partial charge in [0.1, 0.15) is 5.15 Å². The third-order valence-electron chi connectivity index (χ3n) is 3.08. The minimum Gasteiger partial charge on any atom is -0.348 e. The maximum atomic E-state index is 12.1. The second kappa shape index (κ2) is 5.45. The number of carbonyl (C=O) groups is 1. The molecule has 1 aromatic carbocycles. The van der Waals surface area contributed by atoms with E-state index in [4.69, 9.17) is 11.6 Å². The van der Waals surface area contributed by atoms with Gasteiger partial charge in [0, 0.05) is 13.6 Å². The fourth-order valence-corrected chi connectivity index (χ4v) is 2.22. The second-order valence-corrected chi connectivity index (χ2v) is 4.84. The maximum absolute atomic E-state index is 12.1. The van der Waals surface area contributed by atoms with Crippen molar-refractivity contribution in [2.24, 2.45) is 7.05 Å². The monoisotopic (exact) mass is 277 g/mol. The van der Waals surface area contributed by atoms with E-state index in [1.807, 2.05) is 31.2 Å². The van der Waals surface area contributed by atoms with E-state index >= 15 is 0 Å². The Morgan fingerprint density at radius 3 is 2.63 bits per heavy atom. The van der Waals surface area contributed by atoms with Gasteiger partial charge in [-0.1, -0.05) is 35.9 Å². The first-order valence-corrected chi connectivity index (χ1v) is 6.40. The standard InChI is InChI=1S/C14H16ClN3O/c1-9-6-4-5-7-11(9)8-16-14(19)12-10(2)17-18(3)13(12)15/h4-7H,8H2,1-3H3,(H,16,19). The van der Waals surface area contributed by atoms with Crippen LogP contribution in [0, 0.1) is 13.8 Å². The van der Waals surface area contributed by atoms with Gasteiger partial charge in [0.05, 0.1) is 11.3 Å². The van der Waals surface area contributed by atoms with Crippen LogP contribution >= 0.6 is 11.6 Å². The summed E-state index contributed by atoms with van der Waals surface area (Å²) in [6.07, 6.45) is 0. The van der Waals surface area contributed by atoms with Crippen LogP contribution in [-0.4, -0.2) is 15.7 Å². The van der Waals surface area contributed by atoms with Gasteiger partial charge in [-0.2, -0.15) is 5.10 Å². The summed E-state index contributed by atoms with van der Waals surface area (Å²) in [5, 5.41) is 7.36. The molecule has 0 saturated heterocycles. The predicted octanol–water partition coefficient (Wildman–Crippen LogP) is 2.62. The number of hydrogen-bond donors (Lipinski definition) is 1. The van der Waals surface area contributed by atoms with Gasteiger partial charge in [-0.25, -0.2) is 0 Å². The van der Waals surface area contributed by atoms with Crippen LogP contribution in [0.5, 0.6) is 0 Å². The molecule has 19 heavy (non-hydrogen) atoms. The quantitative estimate of drug-likeness (QED) is 0.937. The molecular weight excluding hydrogens is 262 g/mol. The highest BCUT2D eigenvalue weighted by Gasteiger charge is 2.18. The van der Waals surface area contributed by atoms with Gasteiger partial charge < -0.3 is 5.32 Å². The number of halogens is 1. The average molecular weight is 278 g/mol. The Labute approximate surface area is 117 Å². The summed E-state index contributed by atoms with van der Waals surface area (Å²) in [5.41, 5.74) is 3.32. The molecule has 0 bridgehead atoms. The van der Waals surface area contributed by atoms with E-state index in [9.17, 15) is 4.79 Å². The highest BCUT2D eigenvalue weighted by molar-refractivity contribution is 6.33. The summed E-state index contributed by atoms with van der Waals surface area (Å²) < 4.78 is 1.50. The van der Waals surface area contributed by atoms with Crippen LogP contribution in [0.3, 0.4) is 0 Å². The number of nitrogens with zero attached hydrogens (tertiary/aromatic N) is 2. The molecule has 1 amide bonds. The Hall–Kier alpha value is -1.81. The molecule has 0 fully saturated rings. The van der Waals surface area contributed by atoms with Crippen molar-refractivity contribution in [3.63, 3.8) is 0 Å². The van der Waals surface area contributed by atoms with E-state index in [-0.39, 0.29) is 5.91 Å². The van der Waals surface area contributed by atoms with Crippen LogP contribution in [0.2, 0.25) is 5.15 Å². The fraction of sp³-hybridized carbons (Fsp3) is 0.286. The molecule has 0 radical (unpaired) electrons. The van der Waals surface area contributed by atoms with Crippen molar-refractivity contribution in [3.05, 3.63) is 51.8 Å². The third-order valence-corrected chi connectivity index (χ3v) is 3.51. The summed E-state index contributed by atoms with van der Waals surface area (Å²) in [7, 11) is 1.72. The normalized spacial score (nSPS) is 10.5. The number of benzene rings is 1. The molecule has 0 aliphatic heterocycles. The van der Waals surface area contributed by atoms with Crippen LogP contribution in [0.4, 0.5) is 0 Å². The van der Waals surface area contributed by atoms with Crippen LogP contribution in [0.15, 0.2) is 24.3 Å². The molecule has 0 aliphatic rings. The zero-order chi connectivity index (χ0) is 14.0. The number of hydrogen-bond acceptors (Lipinski definition) is 2. The zero-order valence-corrected chi connectivity index (χ0v) is 12.0. The summed E-state index contributed by atoms with van der Waals surface area (Å²) >= 11 is 6.06. The summed E-state index contributed by atoms with van der Waals surface area (Å²) in [5.74, 6) is -0.196. The van der Waals surface area contributed by atoms with Crippen LogP contribution < -0.4 is 5.32 Å². The first kappa shape index (κ1) is 13.6. The molecule has 0 atom stereocenters. The third kappa shape index (κ3) is 2.79. The molecule has 5 heteroatoms. The van der Waals surface area contributed by atoms with Gasteiger partial charge in [-0.05, 0) is 25.0 Å². The lowest BCUT2D eigenvalue weighted by Crippen LogP contribution is -2.23. The minimum absolute atomic E-state index is 0.196. The Morgan fingerprint density at radius 2 is 2.05 bits per heavy atom. The van der Waals surface area contributed by atoms with E-state index in [0.29, 0.717) is 23.0 Å². The van der Waals surface area contributed by atoms with Gasteiger partial charge in [0.15, 0.2) is 0 Å². The Balaban J connectivity index is 2.12. The number of rotatable bonds is 3. The van der Waals surface area contributed by atoms with E-state index in [2.05, 4.69) is 10.4 Å². The molecule has 1 N–H and O–H groups in total. The first-order chi connectivity index (χ1) is 9.00. The molecule has 100 valence electrons. The smallest absolute Gasteiger partial charge is 0.256 e. The molecule has 0 aliphatic carbocycles. The summed E-state index contributed by atoms with van der Waals surface area (Å²) in [6, 6.07) is 7.94. The van der Waals surface area contributed by atoms with Crippen molar-refractivity contribution in [2.75, 3.05) is 0 Å². The number of amides is 1. The van der Waals surface area contributed by atoms with Crippen molar-refractivity contribution < 1.29 is 4.79 Å². The number of aromatic nitrogens is 2. The van der Waals surface area contributed by atoms with E-state index in [1.54, 1.807) is 14.0 Å². The molecule has 2 aromatic rings. The van der Waals surface area contributed by atoms with Gasteiger partial charge in [-0.15, -0.1) is 0 Å². The highest BCUT2D eigenvalue weighted by atomic mass is 35.5. The topological polar surface area (TPSA) is 46.9 Å². The maximum Gasteiger partial charge on any atom is 0.256 e. The second-order valence-electron chi connectivity index (χ2n) is 4.48. The Bertz CT molecular complexity index is 619. The molecule has 1 heterocycles. The van der Waals surface area contributed by atoms with Crippen molar-refractivity contribution in [3.8, 4) is 0 Å². The number of carbonyl (C=O) groups excluding carboxylic acids is 1. The van der Waals surface area contributed by atoms with Crippen molar-refractivity contribution in [2.45, 2.75) is 20.4 Å².